The number of nitrogen functional groups attached to an aromatic ring is 1. The van der Waals surface area contributed by atoms with Crippen LogP contribution in [0.4, 0.5) is 5.69 Å². The van der Waals surface area contributed by atoms with Crippen molar-refractivity contribution in [1.29, 1.82) is 5.41 Å². The van der Waals surface area contributed by atoms with E-state index in [1.165, 1.54) is 0 Å². The van der Waals surface area contributed by atoms with E-state index in [-0.39, 0.29) is 6.79 Å². The van der Waals surface area contributed by atoms with Gasteiger partial charge in [0.05, 0.1) is 5.71 Å². The van der Waals surface area contributed by atoms with Gasteiger partial charge < -0.3 is 15.2 Å². The van der Waals surface area contributed by atoms with E-state index in [9.17, 15) is 0 Å². The Hall–Kier alpha value is -2.49. The molecule has 18 heavy (non-hydrogen) atoms. The molecule has 0 atom stereocenters. The predicted molar refractivity (Wildman–Crippen MR) is 69.4 cm³/mol. The average Bonchev–Trinajstić information content (AvgIpc) is 2.85. The van der Waals surface area contributed by atoms with Crippen LogP contribution in [0.5, 0.6) is 11.5 Å². The van der Waals surface area contributed by atoms with Gasteiger partial charge in [0.1, 0.15) is 0 Å². The second kappa shape index (κ2) is 4.07. The third-order valence-corrected chi connectivity index (χ3v) is 2.88. The maximum Gasteiger partial charge on any atom is 0.231 e. The highest BCUT2D eigenvalue weighted by molar-refractivity contribution is 6.14. The lowest BCUT2D eigenvalue weighted by Crippen LogP contribution is -2.05. The van der Waals surface area contributed by atoms with Crippen LogP contribution in [0.25, 0.3) is 0 Å². The number of nitrogens with one attached hydrogen (secondary N) is 1. The van der Waals surface area contributed by atoms with Gasteiger partial charge in [0.25, 0.3) is 0 Å². The minimum Gasteiger partial charge on any atom is -0.454 e. The van der Waals surface area contributed by atoms with E-state index in [1.807, 2.05) is 30.3 Å². The molecule has 1 heterocycles. The predicted octanol–water partition coefficient (Wildman–Crippen LogP) is 2.41. The number of benzene rings is 2. The molecule has 0 amide bonds. The van der Waals surface area contributed by atoms with Gasteiger partial charge in [0.15, 0.2) is 11.5 Å². The molecule has 0 aromatic heterocycles. The fraction of sp³-hybridized carbons (Fsp3) is 0.0714. The number of anilines is 1. The Morgan fingerprint density at radius 1 is 1.06 bits per heavy atom. The van der Waals surface area contributed by atoms with E-state index in [2.05, 4.69) is 0 Å². The van der Waals surface area contributed by atoms with Crippen molar-refractivity contribution < 1.29 is 9.47 Å². The molecule has 4 nitrogen and oxygen atoms in total. The zero-order valence-electron chi connectivity index (χ0n) is 9.64. The van der Waals surface area contributed by atoms with Gasteiger partial charge >= 0.3 is 0 Å². The monoisotopic (exact) mass is 240 g/mol. The molecular formula is C14H12N2O2. The average molecular weight is 240 g/mol. The lowest BCUT2D eigenvalue weighted by molar-refractivity contribution is 0.174. The van der Waals surface area contributed by atoms with Crippen LogP contribution in [-0.4, -0.2) is 12.5 Å². The van der Waals surface area contributed by atoms with Gasteiger partial charge in [-0.05, 0) is 6.07 Å². The van der Waals surface area contributed by atoms with Gasteiger partial charge in [-0.25, -0.2) is 0 Å². The van der Waals surface area contributed by atoms with Crippen LogP contribution < -0.4 is 15.2 Å². The summed E-state index contributed by atoms with van der Waals surface area (Å²) < 4.78 is 10.6. The molecule has 3 rings (SSSR count). The maximum absolute atomic E-state index is 8.20. The van der Waals surface area contributed by atoms with Gasteiger partial charge in [0, 0.05) is 22.9 Å². The molecule has 4 heteroatoms. The Morgan fingerprint density at radius 3 is 2.44 bits per heavy atom. The molecule has 0 fully saturated rings. The zero-order chi connectivity index (χ0) is 12.5. The molecule has 2 aromatic carbocycles. The third kappa shape index (κ3) is 1.68. The summed E-state index contributed by atoms with van der Waals surface area (Å²) in [4.78, 5) is 0. The molecule has 90 valence electrons. The van der Waals surface area contributed by atoms with Gasteiger partial charge in [-0.1, -0.05) is 30.3 Å². The molecule has 3 N–H and O–H groups in total. The lowest BCUT2D eigenvalue weighted by atomic mass is 10.0. The summed E-state index contributed by atoms with van der Waals surface area (Å²) in [6, 6.07) is 12.9. The molecule has 0 unspecified atom stereocenters. The summed E-state index contributed by atoms with van der Waals surface area (Å²) in [6.45, 7) is 0.205. The first-order valence-corrected chi connectivity index (χ1v) is 5.59. The molecule has 0 aliphatic carbocycles. The Kier molecular flexibility index (Phi) is 2.41. The van der Waals surface area contributed by atoms with Gasteiger partial charge in [-0.3, -0.25) is 5.41 Å². The number of fused-ring (bicyclic) bond motifs is 1. The molecular weight excluding hydrogens is 228 g/mol. The van der Waals surface area contributed by atoms with Crippen LogP contribution in [-0.2, 0) is 0 Å². The van der Waals surface area contributed by atoms with E-state index in [0.29, 0.717) is 28.5 Å². The molecule has 0 spiro atoms. The Balaban J connectivity index is 2.05. The van der Waals surface area contributed by atoms with Crippen LogP contribution in [0.15, 0.2) is 42.5 Å². The van der Waals surface area contributed by atoms with E-state index in [4.69, 9.17) is 20.6 Å². The van der Waals surface area contributed by atoms with Crippen molar-refractivity contribution in [2.75, 3.05) is 12.5 Å². The van der Waals surface area contributed by atoms with Gasteiger partial charge in [-0.15, -0.1) is 0 Å². The quantitative estimate of drug-likeness (QED) is 0.625. The first kappa shape index (κ1) is 10.7. The number of hydrogen-bond donors (Lipinski definition) is 2. The van der Waals surface area contributed by atoms with E-state index >= 15 is 0 Å². The van der Waals surface area contributed by atoms with Gasteiger partial charge in [0.2, 0.25) is 6.79 Å². The van der Waals surface area contributed by atoms with Crippen molar-refractivity contribution in [2.24, 2.45) is 0 Å². The Labute approximate surface area is 104 Å². The number of nitrogens with two attached hydrogens (primary N) is 1. The van der Waals surface area contributed by atoms with Crippen molar-refractivity contribution >= 4 is 11.4 Å². The first-order valence-electron chi connectivity index (χ1n) is 5.59. The smallest absolute Gasteiger partial charge is 0.231 e. The molecule has 0 radical (unpaired) electrons. The molecule has 1 aliphatic heterocycles. The van der Waals surface area contributed by atoms with Crippen LogP contribution >= 0.6 is 0 Å². The fourth-order valence-electron chi connectivity index (χ4n) is 1.93. The second-order valence-electron chi connectivity index (χ2n) is 4.03. The van der Waals surface area contributed by atoms with Crippen LogP contribution in [0, 0.1) is 5.41 Å². The minimum absolute atomic E-state index is 0.205. The number of hydrogen-bond acceptors (Lipinski definition) is 4. The minimum atomic E-state index is 0.205. The standard InChI is InChI=1S/C14H12N2O2/c15-11-7-13-12(17-8-18-13)6-10(11)14(16)9-4-2-1-3-5-9/h1-7,16H,8,15H2. The fourth-order valence-corrected chi connectivity index (χ4v) is 1.93. The van der Waals surface area contributed by atoms with Crippen LogP contribution in [0.2, 0.25) is 0 Å². The summed E-state index contributed by atoms with van der Waals surface area (Å²) in [5, 5.41) is 8.20. The molecule has 0 bridgehead atoms. The van der Waals surface area contributed by atoms with Crippen molar-refractivity contribution in [1.82, 2.24) is 0 Å². The maximum atomic E-state index is 8.20. The van der Waals surface area contributed by atoms with Crippen molar-refractivity contribution in [2.45, 2.75) is 0 Å². The van der Waals surface area contributed by atoms with Crippen molar-refractivity contribution in [3.05, 3.63) is 53.6 Å². The highest BCUT2D eigenvalue weighted by atomic mass is 16.7. The summed E-state index contributed by atoms with van der Waals surface area (Å²) in [5.41, 5.74) is 8.34. The SMILES string of the molecule is N=C(c1ccccc1)c1cc2c(cc1N)OCO2. The van der Waals surface area contributed by atoms with Crippen LogP contribution in [0.1, 0.15) is 11.1 Å². The molecule has 0 saturated carbocycles. The largest absolute Gasteiger partial charge is 0.454 e. The van der Waals surface area contributed by atoms with E-state index < -0.39 is 0 Å². The highest BCUT2D eigenvalue weighted by Gasteiger charge is 2.18. The van der Waals surface area contributed by atoms with E-state index in [0.717, 1.165) is 5.56 Å². The van der Waals surface area contributed by atoms with Crippen molar-refractivity contribution in [3.63, 3.8) is 0 Å². The molecule has 1 aliphatic rings. The Bertz CT molecular complexity index is 609. The molecule has 0 saturated heterocycles. The molecule has 2 aromatic rings. The summed E-state index contributed by atoms with van der Waals surface area (Å²) in [6.07, 6.45) is 0. The summed E-state index contributed by atoms with van der Waals surface area (Å²) in [7, 11) is 0. The second-order valence-corrected chi connectivity index (χ2v) is 4.03. The van der Waals surface area contributed by atoms with E-state index in [1.54, 1.807) is 12.1 Å². The lowest BCUT2D eigenvalue weighted by Gasteiger charge is -2.09. The highest BCUT2D eigenvalue weighted by Crippen LogP contribution is 2.36. The van der Waals surface area contributed by atoms with Crippen molar-refractivity contribution in [3.8, 4) is 11.5 Å². The topological polar surface area (TPSA) is 68.3 Å². The number of rotatable bonds is 2. The Morgan fingerprint density at radius 2 is 1.72 bits per heavy atom. The van der Waals surface area contributed by atoms with Gasteiger partial charge in [-0.2, -0.15) is 0 Å². The summed E-state index contributed by atoms with van der Waals surface area (Å²) in [5.74, 6) is 1.27. The summed E-state index contributed by atoms with van der Waals surface area (Å²) >= 11 is 0. The van der Waals surface area contributed by atoms with Crippen LogP contribution in [0.3, 0.4) is 0 Å². The first-order chi connectivity index (χ1) is 8.75. The normalized spacial score (nSPS) is 12.4. The third-order valence-electron chi connectivity index (χ3n) is 2.88. The zero-order valence-corrected chi connectivity index (χ0v) is 9.64. The number of ether oxygens (including phenoxy) is 2.